The SMILES string of the molecule is Cc1cccc(C(=O)N(C2CCCCC2)C2CCCCC2)c1. The fraction of sp³-hybridized carbons (Fsp3) is 0.650. The van der Waals surface area contributed by atoms with Crippen molar-refractivity contribution in [3.63, 3.8) is 0 Å². The maximum Gasteiger partial charge on any atom is 0.254 e. The summed E-state index contributed by atoms with van der Waals surface area (Å²) in [5.74, 6) is 0.280. The third-order valence-corrected chi connectivity index (χ3v) is 5.44. The maximum absolute atomic E-state index is 13.2. The summed E-state index contributed by atoms with van der Waals surface area (Å²) < 4.78 is 0. The number of carbonyl (C=O) groups excluding carboxylic acids is 1. The van der Waals surface area contributed by atoms with E-state index in [1.54, 1.807) is 0 Å². The van der Waals surface area contributed by atoms with E-state index >= 15 is 0 Å². The van der Waals surface area contributed by atoms with Gasteiger partial charge in [-0.1, -0.05) is 56.2 Å². The average molecular weight is 299 g/mol. The molecule has 0 radical (unpaired) electrons. The quantitative estimate of drug-likeness (QED) is 0.760. The Hall–Kier alpha value is -1.31. The van der Waals surface area contributed by atoms with Gasteiger partial charge in [0.05, 0.1) is 0 Å². The first-order valence-corrected chi connectivity index (χ1v) is 9.15. The minimum Gasteiger partial charge on any atom is -0.333 e. The number of hydrogen-bond acceptors (Lipinski definition) is 1. The zero-order valence-electron chi connectivity index (χ0n) is 13.9. The summed E-state index contributed by atoms with van der Waals surface area (Å²) >= 11 is 0. The topological polar surface area (TPSA) is 20.3 Å². The Morgan fingerprint density at radius 1 is 0.909 bits per heavy atom. The highest BCUT2D eigenvalue weighted by molar-refractivity contribution is 5.94. The Balaban J connectivity index is 1.84. The van der Waals surface area contributed by atoms with Gasteiger partial charge >= 0.3 is 0 Å². The minimum absolute atomic E-state index is 0.280. The van der Waals surface area contributed by atoms with Crippen LogP contribution in [-0.2, 0) is 0 Å². The van der Waals surface area contributed by atoms with Crippen molar-refractivity contribution in [2.45, 2.75) is 83.2 Å². The van der Waals surface area contributed by atoms with Gasteiger partial charge in [0.15, 0.2) is 0 Å². The van der Waals surface area contributed by atoms with Gasteiger partial charge in [-0.2, -0.15) is 0 Å². The van der Waals surface area contributed by atoms with Crippen molar-refractivity contribution in [3.05, 3.63) is 35.4 Å². The summed E-state index contributed by atoms with van der Waals surface area (Å²) in [6.45, 7) is 2.07. The van der Waals surface area contributed by atoms with Crippen LogP contribution >= 0.6 is 0 Å². The molecule has 0 aliphatic heterocycles. The molecule has 2 aliphatic rings. The smallest absolute Gasteiger partial charge is 0.254 e. The van der Waals surface area contributed by atoms with Crippen LogP contribution in [0.2, 0.25) is 0 Å². The zero-order valence-corrected chi connectivity index (χ0v) is 13.9. The van der Waals surface area contributed by atoms with Crippen molar-refractivity contribution in [1.82, 2.24) is 4.90 Å². The molecule has 1 aromatic rings. The first kappa shape index (κ1) is 15.6. The molecule has 0 spiro atoms. The van der Waals surface area contributed by atoms with E-state index in [1.807, 2.05) is 12.1 Å². The van der Waals surface area contributed by atoms with E-state index in [2.05, 4.69) is 24.0 Å². The fourth-order valence-electron chi connectivity index (χ4n) is 4.28. The van der Waals surface area contributed by atoms with Crippen molar-refractivity contribution < 1.29 is 4.79 Å². The Bertz CT molecular complexity index is 480. The van der Waals surface area contributed by atoms with E-state index in [4.69, 9.17) is 0 Å². The highest BCUT2D eigenvalue weighted by Gasteiger charge is 2.32. The average Bonchev–Trinajstić information content (AvgIpc) is 2.57. The van der Waals surface area contributed by atoms with Crippen molar-refractivity contribution in [2.75, 3.05) is 0 Å². The summed E-state index contributed by atoms with van der Waals surface area (Å²) in [6, 6.07) is 9.09. The van der Waals surface area contributed by atoms with E-state index in [-0.39, 0.29) is 5.91 Å². The minimum atomic E-state index is 0.280. The first-order chi connectivity index (χ1) is 10.8. The van der Waals surface area contributed by atoms with Gasteiger partial charge in [-0.15, -0.1) is 0 Å². The van der Waals surface area contributed by atoms with Gasteiger partial charge in [0, 0.05) is 17.6 Å². The zero-order chi connectivity index (χ0) is 15.4. The lowest BCUT2D eigenvalue weighted by Crippen LogP contribution is -2.48. The normalized spacial score (nSPS) is 20.8. The van der Waals surface area contributed by atoms with Gasteiger partial charge in [0.25, 0.3) is 5.91 Å². The molecule has 3 rings (SSSR count). The largest absolute Gasteiger partial charge is 0.333 e. The van der Waals surface area contributed by atoms with E-state index < -0.39 is 0 Å². The molecule has 22 heavy (non-hydrogen) atoms. The Morgan fingerprint density at radius 3 is 1.95 bits per heavy atom. The molecule has 2 fully saturated rings. The van der Waals surface area contributed by atoms with Crippen LogP contribution in [0.15, 0.2) is 24.3 Å². The first-order valence-electron chi connectivity index (χ1n) is 9.15. The summed E-state index contributed by atoms with van der Waals surface area (Å²) in [5, 5.41) is 0. The molecule has 1 aromatic carbocycles. The molecule has 2 aliphatic carbocycles. The molecule has 0 unspecified atom stereocenters. The van der Waals surface area contributed by atoms with Gasteiger partial charge in [0.1, 0.15) is 0 Å². The Labute approximate surface area is 134 Å². The monoisotopic (exact) mass is 299 g/mol. The maximum atomic E-state index is 13.2. The second-order valence-corrected chi connectivity index (χ2v) is 7.17. The Kier molecular flexibility index (Phi) is 5.17. The van der Waals surface area contributed by atoms with E-state index in [0.717, 1.165) is 5.56 Å². The van der Waals surface area contributed by atoms with Gasteiger partial charge in [0.2, 0.25) is 0 Å². The second-order valence-electron chi connectivity index (χ2n) is 7.17. The lowest BCUT2D eigenvalue weighted by molar-refractivity contribution is 0.0448. The molecule has 0 heterocycles. The van der Waals surface area contributed by atoms with Crippen LogP contribution in [0.4, 0.5) is 0 Å². The molecule has 0 atom stereocenters. The molecule has 2 heteroatoms. The van der Waals surface area contributed by atoms with Crippen LogP contribution in [0.25, 0.3) is 0 Å². The van der Waals surface area contributed by atoms with Gasteiger partial charge in [-0.05, 0) is 44.7 Å². The van der Waals surface area contributed by atoms with Gasteiger partial charge in [-0.25, -0.2) is 0 Å². The van der Waals surface area contributed by atoms with Crippen LogP contribution in [-0.4, -0.2) is 22.9 Å². The molecular weight excluding hydrogens is 270 g/mol. The lowest BCUT2D eigenvalue weighted by Gasteiger charge is -2.42. The highest BCUT2D eigenvalue weighted by Crippen LogP contribution is 2.31. The highest BCUT2D eigenvalue weighted by atomic mass is 16.2. The second kappa shape index (κ2) is 7.30. The van der Waals surface area contributed by atoms with E-state index in [1.165, 1.54) is 69.8 Å². The van der Waals surface area contributed by atoms with E-state index in [0.29, 0.717) is 12.1 Å². The third-order valence-electron chi connectivity index (χ3n) is 5.44. The molecule has 0 bridgehead atoms. The number of rotatable bonds is 3. The van der Waals surface area contributed by atoms with Gasteiger partial charge < -0.3 is 4.90 Å². The Morgan fingerprint density at radius 2 is 1.45 bits per heavy atom. The van der Waals surface area contributed by atoms with Crippen LogP contribution in [0.3, 0.4) is 0 Å². The molecule has 0 saturated heterocycles. The van der Waals surface area contributed by atoms with Crippen LogP contribution in [0.1, 0.15) is 80.1 Å². The number of nitrogens with zero attached hydrogens (tertiary/aromatic N) is 1. The summed E-state index contributed by atoms with van der Waals surface area (Å²) in [7, 11) is 0. The third kappa shape index (κ3) is 3.53. The van der Waals surface area contributed by atoms with Crippen molar-refractivity contribution in [3.8, 4) is 0 Å². The summed E-state index contributed by atoms with van der Waals surface area (Å²) in [5.41, 5.74) is 2.06. The fourth-order valence-corrected chi connectivity index (χ4v) is 4.28. The van der Waals surface area contributed by atoms with E-state index in [9.17, 15) is 4.79 Å². The number of hydrogen-bond donors (Lipinski definition) is 0. The van der Waals surface area contributed by atoms with Crippen molar-refractivity contribution in [2.24, 2.45) is 0 Å². The van der Waals surface area contributed by atoms with Crippen molar-refractivity contribution in [1.29, 1.82) is 0 Å². The van der Waals surface area contributed by atoms with Crippen molar-refractivity contribution >= 4 is 5.91 Å². The predicted octanol–water partition coefficient (Wildman–Crippen LogP) is 5.10. The predicted molar refractivity (Wildman–Crippen MR) is 91.1 cm³/mol. The summed E-state index contributed by atoms with van der Waals surface area (Å²) in [6.07, 6.45) is 12.6. The standard InChI is InChI=1S/C20H29NO/c1-16-9-8-10-17(15-16)20(22)21(18-11-4-2-5-12-18)19-13-6-3-7-14-19/h8-10,15,18-19H,2-7,11-14H2,1H3. The number of benzene rings is 1. The van der Waals surface area contributed by atoms with Gasteiger partial charge in [-0.3, -0.25) is 4.79 Å². The molecule has 2 saturated carbocycles. The molecule has 1 amide bonds. The number of aryl methyl sites for hydroxylation is 1. The molecule has 0 aromatic heterocycles. The number of amides is 1. The molecule has 120 valence electrons. The lowest BCUT2D eigenvalue weighted by atomic mass is 9.88. The number of carbonyl (C=O) groups is 1. The molecule has 2 nitrogen and oxygen atoms in total. The van der Waals surface area contributed by atoms with Crippen LogP contribution in [0.5, 0.6) is 0 Å². The summed E-state index contributed by atoms with van der Waals surface area (Å²) in [4.78, 5) is 15.5. The molecular formula is C20H29NO. The van der Waals surface area contributed by atoms with Crippen LogP contribution in [0, 0.1) is 6.92 Å². The molecule has 0 N–H and O–H groups in total. The van der Waals surface area contributed by atoms with Crippen LogP contribution < -0.4 is 0 Å².